The second kappa shape index (κ2) is 5.49. The zero-order chi connectivity index (χ0) is 10.4. The molecular formula is C11H19NOS. The Labute approximate surface area is 90.3 Å². The lowest BCUT2D eigenvalue weighted by atomic mass is 10.1. The predicted molar refractivity (Wildman–Crippen MR) is 62.0 cm³/mol. The van der Waals surface area contributed by atoms with E-state index in [2.05, 4.69) is 36.7 Å². The Kier molecular flexibility index (Phi) is 4.58. The van der Waals surface area contributed by atoms with Crippen molar-refractivity contribution in [2.75, 3.05) is 20.3 Å². The number of hydrogen-bond donors (Lipinski definition) is 1. The van der Waals surface area contributed by atoms with Gasteiger partial charge in [0, 0.05) is 24.1 Å². The molecule has 14 heavy (non-hydrogen) atoms. The Morgan fingerprint density at radius 1 is 1.50 bits per heavy atom. The van der Waals surface area contributed by atoms with Gasteiger partial charge in [-0.2, -0.15) is 0 Å². The maximum atomic E-state index is 5.13. The predicted octanol–water partition coefficient (Wildman–Crippen LogP) is 2.31. The fourth-order valence-corrected chi connectivity index (χ4v) is 2.10. The summed E-state index contributed by atoms with van der Waals surface area (Å²) in [6.45, 7) is 6.07. The van der Waals surface area contributed by atoms with E-state index in [1.54, 1.807) is 7.11 Å². The van der Waals surface area contributed by atoms with Crippen LogP contribution in [0, 0.1) is 0 Å². The average molecular weight is 213 g/mol. The first kappa shape index (κ1) is 11.7. The van der Waals surface area contributed by atoms with E-state index in [-0.39, 0.29) is 5.54 Å². The molecule has 0 aliphatic rings. The lowest BCUT2D eigenvalue weighted by Gasteiger charge is -2.25. The van der Waals surface area contributed by atoms with E-state index < -0.39 is 0 Å². The maximum Gasteiger partial charge on any atom is 0.0639 e. The van der Waals surface area contributed by atoms with Gasteiger partial charge in [0.2, 0.25) is 0 Å². The van der Waals surface area contributed by atoms with Crippen molar-refractivity contribution in [2.24, 2.45) is 0 Å². The van der Waals surface area contributed by atoms with Gasteiger partial charge in [0.25, 0.3) is 0 Å². The van der Waals surface area contributed by atoms with Crippen LogP contribution in [0.25, 0.3) is 0 Å². The highest BCUT2D eigenvalue weighted by Gasteiger charge is 2.15. The molecule has 0 radical (unpaired) electrons. The van der Waals surface area contributed by atoms with E-state index in [1.165, 1.54) is 4.88 Å². The van der Waals surface area contributed by atoms with Crippen LogP contribution in [0.15, 0.2) is 17.5 Å². The van der Waals surface area contributed by atoms with E-state index in [0.717, 1.165) is 19.6 Å². The molecule has 0 bridgehead atoms. The summed E-state index contributed by atoms with van der Waals surface area (Å²) in [5, 5.41) is 5.60. The Morgan fingerprint density at radius 2 is 2.29 bits per heavy atom. The lowest BCUT2D eigenvalue weighted by molar-refractivity contribution is 0.129. The smallest absolute Gasteiger partial charge is 0.0639 e. The van der Waals surface area contributed by atoms with Gasteiger partial charge < -0.3 is 10.1 Å². The third kappa shape index (κ3) is 4.22. The molecular weight excluding hydrogens is 194 g/mol. The van der Waals surface area contributed by atoms with Gasteiger partial charge in [-0.3, -0.25) is 0 Å². The number of rotatable bonds is 6. The Hall–Kier alpha value is -0.380. The van der Waals surface area contributed by atoms with Crippen LogP contribution in [0.3, 0.4) is 0 Å². The van der Waals surface area contributed by atoms with E-state index in [4.69, 9.17) is 4.74 Å². The number of nitrogens with one attached hydrogen (secondary N) is 1. The van der Waals surface area contributed by atoms with Crippen LogP contribution in [0.5, 0.6) is 0 Å². The molecule has 0 atom stereocenters. The fourth-order valence-electron chi connectivity index (χ4n) is 1.39. The van der Waals surface area contributed by atoms with Crippen molar-refractivity contribution < 1.29 is 4.74 Å². The van der Waals surface area contributed by atoms with Gasteiger partial charge >= 0.3 is 0 Å². The first-order chi connectivity index (χ1) is 6.64. The number of ether oxygens (including phenoxy) is 1. The Balaban J connectivity index is 2.20. The molecule has 0 spiro atoms. The van der Waals surface area contributed by atoms with Crippen molar-refractivity contribution in [1.29, 1.82) is 0 Å². The van der Waals surface area contributed by atoms with E-state index in [1.807, 2.05) is 11.3 Å². The van der Waals surface area contributed by atoms with Crippen molar-refractivity contribution in [2.45, 2.75) is 25.8 Å². The van der Waals surface area contributed by atoms with Gasteiger partial charge in [0.05, 0.1) is 6.61 Å². The largest absolute Gasteiger partial charge is 0.383 e. The Morgan fingerprint density at radius 3 is 2.86 bits per heavy atom. The maximum absolute atomic E-state index is 5.13. The summed E-state index contributed by atoms with van der Waals surface area (Å²) in [6, 6.07) is 4.27. The zero-order valence-corrected chi connectivity index (χ0v) is 9.99. The first-order valence-electron chi connectivity index (χ1n) is 4.90. The summed E-state index contributed by atoms with van der Waals surface area (Å²) in [5.41, 5.74) is 0.0754. The summed E-state index contributed by atoms with van der Waals surface area (Å²) in [4.78, 5) is 1.44. The molecule has 0 aliphatic carbocycles. The standard InChI is InChI=1S/C11H19NOS/c1-11(2,9-13-3)12-7-6-10-5-4-8-14-10/h4-5,8,12H,6-7,9H2,1-3H3. The third-order valence-electron chi connectivity index (χ3n) is 2.06. The molecule has 0 saturated carbocycles. The quantitative estimate of drug-likeness (QED) is 0.783. The highest BCUT2D eigenvalue weighted by Crippen LogP contribution is 2.09. The average Bonchev–Trinajstić information content (AvgIpc) is 2.56. The molecule has 1 N–H and O–H groups in total. The van der Waals surface area contributed by atoms with Crippen LogP contribution in [-0.2, 0) is 11.2 Å². The molecule has 1 aromatic heterocycles. The summed E-state index contributed by atoms with van der Waals surface area (Å²) in [7, 11) is 1.74. The molecule has 3 heteroatoms. The van der Waals surface area contributed by atoms with Crippen LogP contribution in [0.4, 0.5) is 0 Å². The molecule has 80 valence electrons. The molecule has 1 rings (SSSR count). The second-order valence-corrected chi connectivity index (χ2v) is 5.11. The molecule has 0 amide bonds. The van der Waals surface area contributed by atoms with Gasteiger partial charge in [0.15, 0.2) is 0 Å². The van der Waals surface area contributed by atoms with Crippen LogP contribution >= 0.6 is 11.3 Å². The van der Waals surface area contributed by atoms with Gasteiger partial charge in [-0.05, 0) is 31.7 Å². The Bertz CT molecular complexity index is 244. The number of methoxy groups -OCH3 is 1. The molecule has 0 saturated heterocycles. The van der Waals surface area contributed by atoms with Crippen LogP contribution in [0.2, 0.25) is 0 Å². The van der Waals surface area contributed by atoms with Gasteiger partial charge in [-0.15, -0.1) is 11.3 Å². The van der Waals surface area contributed by atoms with Crippen molar-refractivity contribution in [3.63, 3.8) is 0 Å². The minimum absolute atomic E-state index is 0.0754. The van der Waals surface area contributed by atoms with Crippen LogP contribution in [-0.4, -0.2) is 25.8 Å². The van der Waals surface area contributed by atoms with Crippen LogP contribution < -0.4 is 5.32 Å². The van der Waals surface area contributed by atoms with Crippen molar-refractivity contribution >= 4 is 11.3 Å². The highest BCUT2D eigenvalue weighted by molar-refractivity contribution is 7.09. The minimum atomic E-state index is 0.0754. The van der Waals surface area contributed by atoms with Crippen molar-refractivity contribution in [1.82, 2.24) is 5.32 Å². The molecule has 1 aromatic rings. The zero-order valence-electron chi connectivity index (χ0n) is 9.17. The molecule has 0 aliphatic heterocycles. The van der Waals surface area contributed by atoms with Gasteiger partial charge in [-0.1, -0.05) is 6.07 Å². The lowest BCUT2D eigenvalue weighted by Crippen LogP contribution is -2.44. The van der Waals surface area contributed by atoms with Crippen molar-refractivity contribution in [3.05, 3.63) is 22.4 Å². The number of hydrogen-bond acceptors (Lipinski definition) is 3. The fraction of sp³-hybridized carbons (Fsp3) is 0.636. The monoisotopic (exact) mass is 213 g/mol. The van der Waals surface area contributed by atoms with Crippen LogP contribution in [0.1, 0.15) is 18.7 Å². The van der Waals surface area contributed by atoms with E-state index in [9.17, 15) is 0 Å². The molecule has 1 heterocycles. The summed E-state index contributed by atoms with van der Waals surface area (Å²) >= 11 is 1.82. The van der Waals surface area contributed by atoms with E-state index >= 15 is 0 Å². The van der Waals surface area contributed by atoms with Gasteiger partial charge in [0.1, 0.15) is 0 Å². The minimum Gasteiger partial charge on any atom is -0.383 e. The highest BCUT2D eigenvalue weighted by atomic mass is 32.1. The molecule has 0 fully saturated rings. The summed E-state index contributed by atoms with van der Waals surface area (Å²) in [5.74, 6) is 0. The topological polar surface area (TPSA) is 21.3 Å². The normalized spacial score (nSPS) is 11.9. The third-order valence-corrected chi connectivity index (χ3v) is 3.00. The van der Waals surface area contributed by atoms with E-state index in [0.29, 0.717) is 0 Å². The summed E-state index contributed by atoms with van der Waals surface area (Å²) in [6.07, 6.45) is 1.10. The first-order valence-corrected chi connectivity index (χ1v) is 5.78. The SMILES string of the molecule is COCC(C)(C)NCCc1cccs1. The summed E-state index contributed by atoms with van der Waals surface area (Å²) < 4.78 is 5.13. The van der Waals surface area contributed by atoms with Gasteiger partial charge in [-0.25, -0.2) is 0 Å². The molecule has 0 aromatic carbocycles. The number of thiophene rings is 1. The second-order valence-electron chi connectivity index (χ2n) is 4.07. The van der Waals surface area contributed by atoms with Crippen molar-refractivity contribution in [3.8, 4) is 0 Å². The molecule has 0 unspecified atom stereocenters. The molecule has 2 nitrogen and oxygen atoms in total.